The van der Waals surface area contributed by atoms with Gasteiger partial charge in [0.1, 0.15) is 10.7 Å². The van der Waals surface area contributed by atoms with E-state index >= 15 is 0 Å². The molecule has 6 nitrogen and oxygen atoms in total. The molecule has 0 aliphatic heterocycles. The first-order valence-corrected chi connectivity index (χ1v) is 8.52. The van der Waals surface area contributed by atoms with Crippen molar-refractivity contribution in [2.75, 3.05) is 32.6 Å². The van der Waals surface area contributed by atoms with Crippen molar-refractivity contribution < 1.29 is 13.2 Å². The quantitative estimate of drug-likeness (QED) is 0.705. The zero-order valence-electron chi connectivity index (χ0n) is 13.2. The second-order valence-electron chi connectivity index (χ2n) is 5.22. The first-order chi connectivity index (χ1) is 9.84. The Kier molecular flexibility index (Phi) is 7.07. The number of nitrogens with zero attached hydrogens (tertiary/aromatic N) is 2. The van der Waals surface area contributed by atoms with Crippen LogP contribution >= 0.6 is 0 Å². The minimum absolute atomic E-state index is 0.198. The molecule has 0 aromatic carbocycles. The average Bonchev–Trinajstić information content (AvgIpc) is 2.42. The van der Waals surface area contributed by atoms with E-state index in [1.807, 2.05) is 13.8 Å². The number of pyridine rings is 1. The monoisotopic (exact) mass is 315 g/mol. The van der Waals surface area contributed by atoms with Crippen LogP contribution in [0.15, 0.2) is 23.2 Å². The summed E-state index contributed by atoms with van der Waals surface area (Å²) < 4.78 is 30.4. The van der Waals surface area contributed by atoms with E-state index in [0.29, 0.717) is 5.82 Å². The van der Waals surface area contributed by atoms with E-state index in [2.05, 4.69) is 10.3 Å². The van der Waals surface area contributed by atoms with Gasteiger partial charge in [-0.1, -0.05) is 0 Å². The summed E-state index contributed by atoms with van der Waals surface area (Å²) in [6, 6.07) is 3.24. The number of sulfonamides is 1. The van der Waals surface area contributed by atoms with Gasteiger partial charge in [0, 0.05) is 33.4 Å². The van der Waals surface area contributed by atoms with Crippen LogP contribution in [0.4, 0.5) is 5.82 Å². The second kappa shape index (κ2) is 8.31. The van der Waals surface area contributed by atoms with Crippen LogP contribution in [0, 0.1) is 0 Å². The summed E-state index contributed by atoms with van der Waals surface area (Å²) in [6.45, 7) is 5.58. The predicted octanol–water partition coefficient (Wildman–Crippen LogP) is 1.95. The molecule has 0 fully saturated rings. The van der Waals surface area contributed by atoms with Crippen LogP contribution in [-0.4, -0.2) is 51.1 Å². The van der Waals surface area contributed by atoms with Crippen LogP contribution in [-0.2, 0) is 14.8 Å². The molecule has 1 aromatic heterocycles. The molecule has 0 aliphatic carbocycles. The van der Waals surface area contributed by atoms with E-state index in [0.717, 1.165) is 26.0 Å². The highest BCUT2D eigenvalue weighted by molar-refractivity contribution is 7.89. The third-order valence-corrected chi connectivity index (χ3v) is 4.64. The minimum Gasteiger partial charge on any atom is -0.379 e. The van der Waals surface area contributed by atoms with Gasteiger partial charge in [0.15, 0.2) is 0 Å². The molecular weight excluding hydrogens is 290 g/mol. The van der Waals surface area contributed by atoms with Crippen LogP contribution in [0.1, 0.15) is 26.7 Å². The van der Waals surface area contributed by atoms with Crippen molar-refractivity contribution in [3.05, 3.63) is 18.3 Å². The summed E-state index contributed by atoms with van der Waals surface area (Å²) in [5, 5.41) is 3.17. The molecule has 0 saturated heterocycles. The van der Waals surface area contributed by atoms with Crippen molar-refractivity contribution >= 4 is 15.8 Å². The Bertz CT molecular complexity index is 513. The normalized spacial score (nSPS) is 12.1. The Labute approximate surface area is 127 Å². The molecule has 120 valence electrons. The number of aromatic nitrogens is 1. The van der Waals surface area contributed by atoms with Gasteiger partial charge in [0.05, 0.1) is 6.10 Å². The zero-order chi connectivity index (χ0) is 15.9. The Balaban J connectivity index is 2.39. The number of unbranched alkanes of at least 4 members (excludes halogenated alkanes) is 1. The largest absolute Gasteiger partial charge is 0.379 e. The highest BCUT2D eigenvalue weighted by Crippen LogP contribution is 2.13. The van der Waals surface area contributed by atoms with Crippen LogP contribution in [0.2, 0.25) is 0 Å². The lowest BCUT2D eigenvalue weighted by Gasteiger charge is -2.11. The first-order valence-electron chi connectivity index (χ1n) is 7.08. The summed E-state index contributed by atoms with van der Waals surface area (Å²) in [4.78, 5) is 4.32. The summed E-state index contributed by atoms with van der Waals surface area (Å²) >= 11 is 0. The van der Waals surface area contributed by atoms with E-state index in [9.17, 15) is 8.42 Å². The summed E-state index contributed by atoms with van der Waals surface area (Å²) in [6.07, 6.45) is 3.61. The van der Waals surface area contributed by atoms with Gasteiger partial charge in [-0.3, -0.25) is 0 Å². The third-order valence-electron chi connectivity index (χ3n) is 2.84. The Morgan fingerprint density at radius 1 is 1.29 bits per heavy atom. The topological polar surface area (TPSA) is 71.5 Å². The standard InChI is InChI=1S/C14H25N3O3S/c1-12(2)20-10-6-5-9-15-14-8-7-13(11-16-14)21(18,19)17(3)4/h7-8,11-12H,5-6,9-10H2,1-4H3,(H,15,16). The van der Waals surface area contributed by atoms with E-state index in [1.165, 1.54) is 24.6 Å². The molecule has 0 aliphatic rings. The fourth-order valence-electron chi connectivity index (χ4n) is 1.61. The number of ether oxygens (including phenoxy) is 1. The van der Waals surface area contributed by atoms with Crippen molar-refractivity contribution in [3.63, 3.8) is 0 Å². The molecular formula is C14H25N3O3S. The predicted molar refractivity (Wildman–Crippen MR) is 83.9 cm³/mol. The van der Waals surface area contributed by atoms with Crippen LogP contribution in [0.5, 0.6) is 0 Å². The number of rotatable bonds is 9. The van der Waals surface area contributed by atoms with Crippen molar-refractivity contribution in [2.24, 2.45) is 0 Å². The molecule has 1 N–H and O–H groups in total. The van der Waals surface area contributed by atoms with Crippen molar-refractivity contribution in [1.29, 1.82) is 0 Å². The smallest absolute Gasteiger partial charge is 0.244 e. The summed E-state index contributed by atoms with van der Waals surface area (Å²) in [5.41, 5.74) is 0. The molecule has 21 heavy (non-hydrogen) atoms. The summed E-state index contributed by atoms with van der Waals surface area (Å²) in [7, 11) is -0.406. The maximum atomic E-state index is 11.9. The van der Waals surface area contributed by atoms with E-state index < -0.39 is 10.0 Å². The van der Waals surface area contributed by atoms with Crippen molar-refractivity contribution in [3.8, 4) is 0 Å². The molecule has 1 heterocycles. The third kappa shape index (κ3) is 5.99. The Hall–Kier alpha value is -1.18. The van der Waals surface area contributed by atoms with Gasteiger partial charge in [-0.25, -0.2) is 17.7 Å². The van der Waals surface area contributed by atoms with E-state index in [-0.39, 0.29) is 11.0 Å². The lowest BCUT2D eigenvalue weighted by Crippen LogP contribution is -2.22. The molecule has 0 unspecified atom stereocenters. The van der Waals surface area contributed by atoms with Gasteiger partial charge in [-0.05, 0) is 38.8 Å². The van der Waals surface area contributed by atoms with Gasteiger partial charge in [-0.15, -0.1) is 0 Å². The van der Waals surface area contributed by atoms with Gasteiger partial charge < -0.3 is 10.1 Å². The fraction of sp³-hybridized carbons (Fsp3) is 0.643. The lowest BCUT2D eigenvalue weighted by atomic mass is 10.3. The number of nitrogens with one attached hydrogen (secondary N) is 1. The lowest BCUT2D eigenvalue weighted by molar-refractivity contribution is 0.0765. The maximum absolute atomic E-state index is 11.9. The zero-order valence-corrected chi connectivity index (χ0v) is 14.0. The van der Waals surface area contributed by atoms with E-state index in [1.54, 1.807) is 12.1 Å². The number of hydrogen-bond acceptors (Lipinski definition) is 5. The molecule has 0 spiro atoms. The van der Waals surface area contributed by atoms with Crippen LogP contribution < -0.4 is 5.32 Å². The minimum atomic E-state index is -3.41. The van der Waals surface area contributed by atoms with Crippen LogP contribution in [0.3, 0.4) is 0 Å². The molecule has 1 rings (SSSR count). The molecule has 0 radical (unpaired) electrons. The van der Waals surface area contributed by atoms with Gasteiger partial charge in [-0.2, -0.15) is 0 Å². The van der Waals surface area contributed by atoms with Crippen LogP contribution in [0.25, 0.3) is 0 Å². The SMILES string of the molecule is CC(C)OCCCCNc1ccc(S(=O)(=O)N(C)C)cn1. The molecule has 0 bridgehead atoms. The van der Waals surface area contributed by atoms with E-state index in [4.69, 9.17) is 4.74 Å². The molecule has 7 heteroatoms. The van der Waals surface area contributed by atoms with Crippen molar-refractivity contribution in [2.45, 2.75) is 37.7 Å². The second-order valence-corrected chi connectivity index (χ2v) is 7.37. The maximum Gasteiger partial charge on any atom is 0.244 e. The van der Waals surface area contributed by atoms with Crippen molar-refractivity contribution in [1.82, 2.24) is 9.29 Å². The highest BCUT2D eigenvalue weighted by Gasteiger charge is 2.17. The Morgan fingerprint density at radius 3 is 2.52 bits per heavy atom. The highest BCUT2D eigenvalue weighted by atomic mass is 32.2. The van der Waals surface area contributed by atoms with Gasteiger partial charge in [0.25, 0.3) is 0 Å². The summed E-state index contributed by atoms with van der Waals surface area (Å²) in [5.74, 6) is 0.678. The first kappa shape index (κ1) is 17.9. The van der Waals surface area contributed by atoms with Gasteiger partial charge >= 0.3 is 0 Å². The Morgan fingerprint density at radius 2 is 2.00 bits per heavy atom. The number of hydrogen-bond donors (Lipinski definition) is 1. The van der Waals surface area contributed by atoms with Gasteiger partial charge in [0.2, 0.25) is 10.0 Å². The molecule has 0 saturated carbocycles. The number of anilines is 1. The fourth-order valence-corrected chi connectivity index (χ4v) is 2.46. The molecule has 0 atom stereocenters. The average molecular weight is 315 g/mol. The molecule has 1 aromatic rings. The molecule has 0 amide bonds.